The highest BCUT2D eigenvalue weighted by Gasteiger charge is 2.26. The highest BCUT2D eigenvalue weighted by molar-refractivity contribution is 5.85. The normalized spacial score (nSPS) is 15.7. The summed E-state index contributed by atoms with van der Waals surface area (Å²) in [5.74, 6) is 1.22. The number of hydrogen-bond acceptors (Lipinski definition) is 5. The summed E-state index contributed by atoms with van der Waals surface area (Å²) in [6, 6.07) is 20.9. The first-order valence-electron chi connectivity index (χ1n) is 12.6. The van der Waals surface area contributed by atoms with Crippen molar-refractivity contribution in [3.8, 4) is 11.4 Å². The average Bonchev–Trinajstić information content (AvgIpc) is 3.37. The molecule has 1 fully saturated rings. The lowest BCUT2D eigenvalue weighted by Gasteiger charge is -2.30. The molecule has 4 aromatic rings. The van der Waals surface area contributed by atoms with E-state index in [0.29, 0.717) is 30.7 Å². The van der Waals surface area contributed by atoms with Crippen LogP contribution in [-0.4, -0.2) is 40.6 Å². The van der Waals surface area contributed by atoms with Gasteiger partial charge in [-0.05, 0) is 78.9 Å². The Morgan fingerprint density at radius 1 is 1.08 bits per heavy atom. The van der Waals surface area contributed by atoms with Crippen LogP contribution >= 0.6 is 0 Å². The van der Waals surface area contributed by atoms with Crippen LogP contribution in [0, 0.1) is 17.7 Å². The lowest BCUT2D eigenvalue weighted by atomic mass is 9.94. The Kier molecular flexibility index (Phi) is 7.37. The molecular weight excluding hydrogens is 455 g/mol. The molecule has 1 saturated heterocycles. The summed E-state index contributed by atoms with van der Waals surface area (Å²) in [6.07, 6.45) is 2.55. The molecule has 1 aliphatic heterocycles. The predicted octanol–water partition coefficient (Wildman–Crippen LogP) is 5.24. The molecule has 5 rings (SSSR count). The minimum Gasteiger partial charge on any atom is -0.356 e. The Labute approximate surface area is 210 Å². The van der Waals surface area contributed by atoms with Gasteiger partial charge in [-0.3, -0.25) is 9.69 Å². The second kappa shape index (κ2) is 11.0. The molecule has 186 valence electrons. The van der Waals surface area contributed by atoms with Crippen LogP contribution in [0.3, 0.4) is 0 Å². The molecule has 0 spiro atoms. The molecule has 1 aliphatic rings. The maximum atomic E-state index is 13.1. The van der Waals surface area contributed by atoms with Crippen LogP contribution in [0.4, 0.5) is 4.39 Å². The Balaban J connectivity index is 1.07. The van der Waals surface area contributed by atoms with Gasteiger partial charge in [0.15, 0.2) is 0 Å². The van der Waals surface area contributed by atoms with Crippen molar-refractivity contribution in [2.75, 3.05) is 19.6 Å². The smallest absolute Gasteiger partial charge is 0.241 e. The summed E-state index contributed by atoms with van der Waals surface area (Å²) in [4.78, 5) is 19.5. The number of piperidine rings is 1. The summed E-state index contributed by atoms with van der Waals surface area (Å²) < 4.78 is 18.5. The van der Waals surface area contributed by atoms with Crippen molar-refractivity contribution < 1.29 is 13.7 Å². The zero-order valence-corrected chi connectivity index (χ0v) is 20.5. The minimum atomic E-state index is -0.298. The van der Waals surface area contributed by atoms with E-state index in [4.69, 9.17) is 4.52 Å². The van der Waals surface area contributed by atoms with Crippen molar-refractivity contribution in [3.05, 3.63) is 84.0 Å². The first kappa shape index (κ1) is 24.1. The molecule has 1 aromatic heterocycles. The second-order valence-corrected chi connectivity index (χ2v) is 9.76. The molecule has 0 radical (unpaired) electrons. The van der Waals surface area contributed by atoms with Gasteiger partial charge in [-0.25, -0.2) is 4.39 Å². The van der Waals surface area contributed by atoms with Gasteiger partial charge < -0.3 is 9.84 Å². The quantitative estimate of drug-likeness (QED) is 0.369. The number of hydrogen-bond donors (Lipinski definition) is 1. The van der Waals surface area contributed by atoms with Crippen LogP contribution in [-0.2, 0) is 17.8 Å². The monoisotopic (exact) mass is 486 g/mol. The molecule has 0 aliphatic carbocycles. The van der Waals surface area contributed by atoms with E-state index in [1.165, 1.54) is 28.5 Å². The van der Waals surface area contributed by atoms with E-state index in [1.54, 1.807) is 12.1 Å². The first-order chi connectivity index (χ1) is 17.5. The fourth-order valence-corrected chi connectivity index (χ4v) is 4.92. The first-order valence-corrected chi connectivity index (χ1v) is 12.6. The molecule has 36 heavy (non-hydrogen) atoms. The average molecular weight is 487 g/mol. The second-order valence-electron chi connectivity index (χ2n) is 9.76. The molecule has 1 N–H and O–H groups in total. The Bertz CT molecular complexity index is 1310. The standard InChI is InChI=1S/C29H31FN4O2/c1-20(17-24-7-4-6-21-5-2-3-8-26(21)24)18-31-29(35)23-13-15-34(16-14-23)19-27-32-28(33-36-27)22-9-11-25(30)12-10-22/h2-12,20,23H,13-19H2,1H3,(H,31,35). The molecular formula is C29H31FN4O2. The number of likely N-dealkylation sites (tertiary alicyclic amines) is 1. The molecule has 7 heteroatoms. The van der Waals surface area contributed by atoms with Crippen LogP contribution in [0.25, 0.3) is 22.2 Å². The number of benzene rings is 3. The number of carbonyl (C=O) groups is 1. The predicted molar refractivity (Wildman–Crippen MR) is 138 cm³/mol. The lowest BCUT2D eigenvalue weighted by molar-refractivity contribution is -0.126. The SMILES string of the molecule is CC(CNC(=O)C1CCN(Cc2nc(-c3ccc(F)cc3)no2)CC1)Cc1cccc2ccccc12. The summed E-state index contributed by atoms with van der Waals surface area (Å²) >= 11 is 0. The van der Waals surface area contributed by atoms with Crippen LogP contribution in [0.1, 0.15) is 31.2 Å². The molecule has 0 bridgehead atoms. The fourth-order valence-electron chi connectivity index (χ4n) is 4.92. The fraction of sp³-hybridized carbons (Fsp3) is 0.345. The minimum absolute atomic E-state index is 0.0310. The molecule has 6 nitrogen and oxygen atoms in total. The molecule has 2 heterocycles. The van der Waals surface area contributed by atoms with Gasteiger partial charge in [-0.2, -0.15) is 4.98 Å². The van der Waals surface area contributed by atoms with E-state index in [2.05, 4.69) is 69.7 Å². The third-order valence-corrected chi connectivity index (χ3v) is 6.96. The van der Waals surface area contributed by atoms with E-state index in [0.717, 1.165) is 37.9 Å². The number of amides is 1. The zero-order valence-electron chi connectivity index (χ0n) is 20.5. The number of nitrogens with zero attached hydrogens (tertiary/aromatic N) is 3. The van der Waals surface area contributed by atoms with E-state index >= 15 is 0 Å². The summed E-state index contributed by atoms with van der Waals surface area (Å²) in [7, 11) is 0. The third-order valence-electron chi connectivity index (χ3n) is 6.96. The highest BCUT2D eigenvalue weighted by atomic mass is 19.1. The molecule has 1 unspecified atom stereocenters. The van der Waals surface area contributed by atoms with Gasteiger partial charge in [0.2, 0.25) is 17.6 Å². The van der Waals surface area contributed by atoms with Gasteiger partial charge in [-0.15, -0.1) is 0 Å². The summed E-state index contributed by atoms with van der Waals surface area (Å²) in [5.41, 5.74) is 2.04. The Hall–Kier alpha value is -3.58. The van der Waals surface area contributed by atoms with Gasteiger partial charge in [0, 0.05) is 18.0 Å². The summed E-state index contributed by atoms with van der Waals surface area (Å²) in [5, 5.41) is 9.74. The maximum absolute atomic E-state index is 13.1. The van der Waals surface area contributed by atoms with Crippen molar-refractivity contribution in [1.29, 1.82) is 0 Å². The van der Waals surface area contributed by atoms with Crippen LogP contribution in [0.5, 0.6) is 0 Å². The molecule has 1 amide bonds. The van der Waals surface area contributed by atoms with Crippen molar-refractivity contribution in [1.82, 2.24) is 20.4 Å². The molecule has 1 atom stereocenters. The van der Waals surface area contributed by atoms with Gasteiger partial charge in [0.25, 0.3) is 0 Å². The van der Waals surface area contributed by atoms with Gasteiger partial charge >= 0.3 is 0 Å². The zero-order chi connectivity index (χ0) is 24.9. The lowest BCUT2D eigenvalue weighted by Crippen LogP contribution is -2.41. The van der Waals surface area contributed by atoms with Crippen LogP contribution in [0.2, 0.25) is 0 Å². The van der Waals surface area contributed by atoms with Crippen LogP contribution < -0.4 is 5.32 Å². The van der Waals surface area contributed by atoms with E-state index in [1.807, 2.05) is 0 Å². The van der Waals surface area contributed by atoms with Crippen molar-refractivity contribution >= 4 is 16.7 Å². The van der Waals surface area contributed by atoms with E-state index in [-0.39, 0.29) is 17.6 Å². The van der Waals surface area contributed by atoms with Crippen molar-refractivity contribution in [3.63, 3.8) is 0 Å². The maximum Gasteiger partial charge on any atom is 0.241 e. The molecule has 3 aromatic carbocycles. The number of fused-ring (bicyclic) bond motifs is 1. The van der Waals surface area contributed by atoms with Crippen molar-refractivity contribution in [2.24, 2.45) is 11.8 Å². The number of halogens is 1. The number of rotatable bonds is 8. The van der Waals surface area contributed by atoms with E-state index < -0.39 is 0 Å². The van der Waals surface area contributed by atoms with Gasteiger partial charge in [-0.1, -0.05) is 54.5 Å². The topological polar surface area (TPSA) is 71.3 Å². The van der Waals surface area contributed by atoms with Crippen LogP contribution in [0.15, 0.2) is 71.3 Å². The molecule has 0 saturated carbocycles. The number of carbonyl (C=O) groups excluding carboxylic acids is 1. The Morgan fingerprint density at radius 3 is 2.64 bits per heavy atom. The largest absolute Gasteiger partial charge is 0.356 e. The summed E-state index contributed by atoms with van der Waals surface area (Å²) in [6.45, 7) is 5.02. The highest BCUT2D eigenvalue weighted by Crippen LogP contribution is 2.23. The van der Waals surface area contributed by atoms with Crippen molar-refractivity contribution in [2.45, 2.75) is 32.7 Å². The number of aromatic nitrogens is 2. The van der Waals surface area contributed by atoms with Gasteiger partial charge in [0.05, 0.1) is 6.54 Å². The van der Waals surface area contributed by atoms with E-state index in [9.17, 15) is 9.18 Å². The number of nitrogens with one attached hydrogen (secondary N) is 1. The van der Waals surface area contributed by atoms with Gasteiger partial charge in [0.1, 0.15) is 5.82 Å². The Morgan fingerprint density at radius 2 is 1.83 bits per heavy atom. The third kappa shape index (κ3) is 5.79.